The normalized spacial score (nSPS) is 30.4. The first-order valence-electron chi connectivity index (χ1n) is 7.98. The number of carbonyl (C=O) groups is 1. The van der Waals surface area contributed by atoms with Crippen molar-refractivity contribution in [1.29, 1.82) is 0 Å². The molecule has 2 aliphatic heterocycles. The van der Waals surface area contributed by atoms with Crippen molar-refractivity contribution in [3.63, 3.8) is 0 Å². The van der Waals surface area contributed by atoms with Gasteiger partial charge >= 0.3 is 0 Å². The minimum atomic E-state index is -0.312. The molecule has 3 fully saturated rings. The van der Waals surface area contributed by atoms with E-state index < -0.39 is 0 Å². The number of hydrogen-bond donors (Lipinski definition) is 2. The third kappa shape index (κ3) is 3.00. The highest BCUT2D eigenvalue weighted by atomic mass is 16.5. The summed E-state index contributed by atoms with van der Waals surface area (Å²) in [6, 6.07) is 1.15. The summed E-state index contributed by atoms with van der Waals surface area (Å²) in [7, 11) is 1.70. The zero-order chi connectivity index (χ0) is 14.0. The minimum Gasteiger partial charge on any atom is -0.384 e. The molecule has 1 aliphatic carbocycles. The van der Waals surface area contributed by atoms with E-state index >= 15 is 0 Å². The highest BCUT2D eigenvalue weighted by Crippen LogP contribution is 2.32. The Balaban J connectivity index is 1.56. The van der Waals surface area contributed by atoms with Crippen LogP contribution < -0.4 is 10.6 Å². The average Bonchev–Trinajstić information content (AvgIpc) is 3.21. The fourth-order valence-electron chi connectivity index (χ4n) is 3.63. The molecule has 2 saturated heterocycles. The van der Waals surface area contributed by atoms with E-state index in [1.54, 1.807) is 7.11 Å². The van der Waals surface area contributed by atoms with Crippen LogP contribution >= 0.6 is 0 Å². The lowest BCUT2D eigenvalue weighted by atomic mass is 9.78. The molecule has 0 aromatic carbocycles. The second kappa shape index (κ2) is 6.00. The Morgan fingerprint density at radius 1 is 1.35 bits per heavy atom. The fourth-order valence-corrected chi connectivity index (χ4v) is 3.63. The maximum Gasteiger partial charge on any atom is 0.228 e. The van der Waals surface area contributed by atoms with Gasteiger partial charge in [0.15, 0.2) is 0 Å². The number of rotatable bonds is 5. The molecule has 2 N–H and O–H groups in total. The van der Waals surface area contributed by atoms with Crippen molar-refractivity contribution in [1.82, 2.24) is 15.5 Å². The van der Waals surface area contributed by atoms with Gasteiger partial charge in [0.1, 0.15) is 0 Å². The van der Waals surface area contributed by atoms with Gasteiger partial charge in [-0.2, -0.15) is 0 Å². The van der Waals surface area contributed by atoms with Gasteiger partial charge in [-0.1, -0.05) is 0 Å². The van der Waals surface area contributed by atoms with Crippen molar-refractivity contribution in [3.8, 4) is 0 Å². The highest BCUT2D eigenvalue weighted by Gasteiger charge is 2.42. The summed E-state index contributed by atoms with van der Waals surface area (Å²) >= 11 is 0. The second-order valence-electron chi connectivity index (χ2n) is 6.65. The van der Waals surface area contributed by atoms with Crippen molar-refractivity contribution in [2.45, 2.75) is 44.2 Å². The molecule has 3 aliphatic rings. The van der Waals surface area contributed by atoms with Crippen LogP contribution in [0, 0.1) is 5.41 Å². The average molecular weight is 281 g/mol. The Morgan fingerprint density at radius 3 is 2.75 bits per heavy atom. The number of piperidine rings is 1. The number of nitrogens with one attached hydrogen (secondary N) is 2. The number of amides is 1. The summed E-state index contributed by atoms with van der Waals surface area (Å²) in [5.41, 5.74) is -0.312. The smallest absolute Gasteiger partial charge is 0.228 e. The van der Waals surface area contributed by atoms with Gasteiger partial charge in [-0.25, -0.2) is 0 Å². The molecule has 1 atom stereocenters. The second-order valence-corrected chi connectivity index (χ2v) is 6.65. The first kappa shape index (κ1) is 14.3. The minimum absolute atomic E-state index is 0.212. The lowest BCUT2D eigenvalue weighted by Crippen LogP contribution is -2.52. The van der Waals surface area contributed by atoms with Crippen molar-refractivity contribution in [2.75, 3.05) is 39.9 Å². The molecule has 5 heteroatoms. The third-order valence-corrected chi connectivity index (χ3v) is 5.08. The number of ether oxygens (including phenoxy) is 1. The summed E-state index contributed by atoms with van der Waals surface area (Å²) < 4.78 is 5.34. The van der Waals surface area contributed by atoms with Gasteiger partial charge in [-0.15, -0.1) is 0 Å². The van der Waals surface area contributed by atoms with Crippen LogP contribution in [0.4, 0.5) is 0 Å². The number of methoxy groups -OCH3 is 1. The van der Waals surface area contributed by atoms with Crippen molar-refractivity contribution in [3.05, 3.63) is 0 Å². The summed E-state index contributed by atoms with van der Waals surface area (Å²) in [5, 5.41) is 6.63. The van der Waals surface area contributed by atoms with Gasteiger partial charge in [0.05, 0.1) is 12.0 Å². The predicted molar refractivity (Wildman–Crippen MR) is 77.6 cm³/mol. The third-order valence-electron chi connectivity index (χ3n) is 5.08. The molecule has 2 heterocycles. The quantitative estimate of drug-likeness (QED) is 0.764. The summed E-state index contributed by atoms with van der Waals surface area (Å²) in [6.45, 7) is 4.55. The van der Waals surface area contributed by atoms with Crippen LogP contribution in [0.2, 0.25) is 0 Å². The maximum absolute atomic E-state index is 12.7. The summed E-state index contributed by atoms with van der Waals surface area (Å²) in [4.78, 5) is 15.3. The molecule has 1 unspecified atom stereocenters. The highest BCUT2D eigenvalue weighted by molar-refractivity contribution is 5.83. The van der Waals surface area contributed by atoms with Crippen LogP contribution in [-0.4, -0.2) is 62.8 Å². The predicted octanol–water partition coefficient (Wildman–Crippen LogP) is 0.356. The number of likely N-dealkylation sites (tertiary alicyclic amines) is 1. The largest absolute Gasteiger partial charge is 0.384 e. The van der Waals surface area contributed by atoms with E-state index in [0.717, 1.165) is 51.5 Å². The molecule has 114 valence electrons. The lowest BCUT2D eigenvalue weighted by molar-refractivity contribution is -0.136. The van der Waals surface area contributed by atoms with Gasteiger partial charge in [0.25, 0.3) is 0 Å². The van der Waals surface area contributed by atoms with Crippen LogP contribution in [0.5, 0.6) is 0 Å². The Kier molecular flexibility index (Phi) is 4.29. The molecule has 20 heavy (non-hydrogen) atoms. The van der Waals surface area contributed by atoms with E-state index in [2.05, 4.69) is 15.5 Å². The van der Waals surface area contributed by atoms with Crippen molar-refractivity contribution >= 4 is 5.91 Å². The number of nitrogens with zero attached hydrogens (tertiary/aromatic N) is 1. The molecule has 1 saturated carbocycles. The summed E-state index contributed by atoms with van der Waals surface area (Å²) in [5.74, 6) is 0.212. The summed E-state index contributed by atoms with van der Waals surface area (Å²) in [6.07, 6.45) is 5.56. The molecule has 0 bridgehead atoms. The molecular weight excluding hydrogens is 254 g/mol. The standard InChI is InChI=1S/C15H27N3O2/c1-20-11-15(5-7-16-8-6-15)14(19)17-12-4-9-18(10-12)13-2-3-13/h12-13,16H,2-11H2,1H3,(H,17,19). The lowest BCUT2D eigenvalue weighted by Gasteiger charge is -2.36. The van der Waals surface area contributed by atoms with E-state index in [0.29, 0.717) is 12.6 Å². The Morgan fingerprint density at radius 2 is 2.10 bits per heavy atom. The molecule has 0 spiro atoms. The van der Waals surface area contributed by atoms with Crippen LogP contribution in [0.25, 0.3) is 0 Å². The number of hydrogen-bond acceptors (Lipinski definition) is 4. The first-order valence-corrected chi connectivity index (χ1v) is 7.98. The number of carbonyl (C=O) groups excluding carboxylic acids is 1. The first-order chi connectivity index (χ1) is 9.73. The molecular formula is C15H27N3O2. The van der Waals surface area contributed by atoms with Crippen molar-refractivity contribution in [2.24, 2.45) is 5.41 Å². The Bertz CT molecular complexity index is 346. The van der Waals surface area contributed by atoms with E-state index in [-0.39, 0.29) is 11.3 Å². The monoisotopic (exact) mass is 281 g/mol. The molecule has 0 aromatic rings. The Labute approximate surface area is 121 Å². The van der Waals surface area contributed by atoms with Gasteiger partial charge in [-0.05, 0) is 45.2 Å². The Hall–Kier alpha value is -0.650. The van der Waals surface area contributed by atoms with Crippen LogP contribution in [0.3, 0.4) is 0 Å². The zero-order valence-corrected chi connectivity index (χ0v) is 12.5. The van der Waals surface area contributed by atoms with E-state index in [1.165, 1.54) is 12.8 Å². The zero-order valence-electron chi connectivity index (χ0n) is 12.5. The molecule has 0 aromatic heterocycles. The van der Waals surface area contributed by atoms with Gasteiger partial charge < -0.3 is 15.4 Å². The van der Waals surface area contributed by atoms with Gasteiger partial charge in [0, 0.05) is 32.3 Å². The van der Waals surface area contributed by atoms with E-state index in [1.807, 2.05) is 0 Å². The maximum atomic E-state index is 12.7. The van der Waals surface area contributed by atoms with Crippen molar-refractivity contribution < 1.29 is 9.53 Å². The molecule has 0 radical (unpaired) electrons. The van der Waals surface area contributed by atoms with Gasteiger partial charge in [-0.3, -0.25) is 9.69 Å². The van der Waals surface area contributed by atoms with E-state index in [4.69, 9.17) is 4.74 Å². The van der Waals surface area contributed by atoms with Crippen LogP contribution in [0.1, 0.15) is 32.1 Å². The van der Waals surface area contributed by atoms with Crippen LogP contribution in [0.15, 0.2) is 0 Å². The molecule has 5 nitrogen and oxygen atoms in total. The molecule has 1 amide bonds. The fraction of sp³-hybridized carbons (Fsp3) is 0.933. The topological polar surface area (TPSA) is 53.6 Å². The van der Waals surface area contributed by atoms with Gasteiger partial charge in [0.2, 0.25) is 5.91 Å². The van der Waals surface area contributed by atoms with E-state index in [9.17, 15) is 4.79 Å². The SMILES string of the molecule is COCC1(C(=O)NC2CCN(C3CC3)C2)CCNCC1. The van der Waals surface area contributed by atoms with Crippen LogP contribution in [-0.2, 0) is 9.53 Å². The molecule has 3 rings (SSSR count).